The van der Waals surface area contributed by atoms with E-state index in [0.29, 0.717) is 26.2 Å². The van der Waals surface area contributed by atoms with E-state index in [2.05, 4.69) is 5.32 Å². The summed E-state index contributed by atoms with van der Waals surface area (Å²) in [7, 11) is 0. The summed E-state index contributed by atoms with van der Waals surface area (Å²) in [4.78, 5) is 0. The van der Waals surface area contributed by atoms with E-state index in [1.54, 1.807) is 0 Å². The smallest absolute Gasteiger partial charge is 0.389 e. The molecule has 0 heterocycles. The second-order valence-corrected chi connectivity index (χ2v) is 3.70. The summed E-state index contributed by atoms with van der Waals surface area (Å²) < 4.78 is 40.5. The molecule has 1 atom stereocenters. The molecule has 6 heteroatoms. The molecular formula is C10H20F3NO2. The van der Waals surface area contributed by atoms with E-state index < -0.39 is 12.6 Å². The van der Waals surface area contributed by atoms with E-state index in [4.69, 9.17) is 9.84 Å². The van der Waals surface area contributed by atoms with Gasteiger partial charge in [0.05, 0.1) is 19.8 Å². The van der Waals surface area contributed by atoms with Gasteiger partial charge < -0.3 is 15.2 Å². The molecule has 2 N–H and O–H groups in total. The summed E-state index contributed by atoms with van der Waals surface area (Å²) in [5.41, 5.74) is 0. The molecule has 0 radical (unpaired) electrons. The Bertz CT molecular complexity index is 165. The summed E-state index contributed by atoms with van der Waals surface area (Å²) >= 11 is 0. The van der Waals surface area contributed by atoms with Gasteiger partial charge in [-0.2, -0.15) is 13.2 Å². The lowest BCUT2D eigenvalue weighted by Crippen LogP contribution is -2.30. The molecule has 3 nitrogen and oxygen atoms in total. The van der Waals surface area contributed by atoms with Gasteiger partial charge >= 0.3 is 6.18 Å². The topological polar surface area (TPSA) is 41.5 Å². The maximum Gasteiger partial charge on any atom is 0.389 e. The molecule has 0 aliphatic rings. The fourth-order valence-electron chi connectivity index (χ4n) is 1.25. The van der Waals surface area contributed by atoms with Crippen LogP contribution in [0.15, 0.2) is 0 Å². The molecule has 0 saturated carbocycles. The van der Waals surface area contributed by atoms with Crippen molar-refractivity contribution in [3.05, 3.63) is 0 Å². The fraction of sp³-hybridized carbons (Fsp3) is 1.00. The van der Waals surface area contributed by atoms with Crippen LogP contribution < -0.4 is 5.32 Å². The van der Waals surface area contributed by atoms with Crippen molar-refractivity contribution in [3.63, 3.8) is 0 Å². The number of alkyl halides is 3. The molecule has 0 bridgehead atoms. The molecule has 1 unspecified atom stereocenters. The van der Waals surface area contributed by atoms with Gasteiger partial charge in [-0.1, -0.05) is 0 Å². The van der Waals surface area contributed by atoms with Gasteiger partial charge in [0, 0.05) is 19.0 Å². The number of nitrogens with one attached hydrogen (secondary N) is 1. The molecule has 0 aromatic rings. The summed E-state index contributed by atoms with van der Waals surface area (Å²) in [5.74, 6) is 0. The molecule has 0 aromatic carbocycles. The van der Waals surface area contributed by atoms with Gasteiger partial charge in [0.25, 0.3) is 0 Å². The van der Waals surface area contributed by atoms with Crippen LogP contribution in [0.5, 0.6) is 0 Å². The average Bonchev–Trinajstić information content (AvgIpc) is 2.15. The molecule has 16 heavy (non-hydrogen) atoms. The maximum atomic E-state index is 11.8. The largest absolute Gasteiger partial charge is 0.394 e. The highest BCUT2D eigenvalue weighted by Gasteiger charge is 2.26. The summed E-state index contributed by atoms with van der Waals surface area (Å²) in [6, 6.07) is 0.0556. The van der Waals surface area contributed by atoms with Crippen LogP contribution >= 0.6 is 0 Å². The Hall–Kier alpha value is -0.330. The lowest BCUT2D eigenvalue weighted by Gasteiger charge is -2.14. The predicted molar refractivity (Wildman–Crippen MR) is 55.3 cm³/mol. The molecule has 0 aromatic heterocycles. The van der Waals surface area contributed by atoms with Crippen LogP contribution in [-0.4, -0.2) is 43.7 Å². The molecule has 0 saturated heterocycles. The highest BCUT2D eigenvalue weighted by atomic mass is 19.4. The van der Waals surface area contributed by atoms with Crippen LogP contribution in [0.3, 0.4) is 0 Å². The van der Waals surface area contributed by atoms with Crippen molar-refractivity contribution in [2.45, 2.75) is 38.4 Å². The van der Waals surface area contributed by atoms with E-state index in [1.807, 2.05) is 6.92 Å². The second-order valence-electron chi connectivity index (χ2n) is 3.70. The van der Waals surface area contributed by atoms with Crippen LogP contribution in [0.1, 0.15) is 26.2 Å². The molecule has 0 rings (SSSR count). The van der Waals surface area contributed by atoms with Crippen molar-refractivity contribution in [3.8, 4) is 0 Å². The lowest BCUT2D eigenvalue weighted by atomic mass is 10.1. The van der Waals surface area contributed by atoms with Crippen molar-refractivity contribution >= 4 is 0 Å². The van der Waals surface area contributed by atoms with Crippen molar-refractivity contribution in [1.82, 2.24) is 5.32 Å². The highest BCUT2D eigenvalue weighted by molar-refractivity contribution is 4.62. The van der Waals surface area contributed by atoms with Crippen molar-refractivity contribution in [2.75, 3.05) is 26.4 Å². The first kappa shape index (κ1) is 15.7. The van der Waals surface area contributed by atoms with E-state index in [1.165, 1.54) is 0 Å². The molecule has 0 spiro atoms. The zero-order valence-electron chi connectivity index (χ0n) is 9.52. The summed E-state index contributed by atoms with van der Waals surface area (Å²) in [5, 5.41) is 11.5. The standard InChI is InChI=1S/C10H20F3NO2/c1-9(3-2-4-10(11,12)13)14-5-7-16-8-6-15/h9,14-15H,2-8H2,1H3. The van der Waals surface area contributed by atoms with E-state index in [-0.39, 0.29) is 19.1 Å². The van der Waals surface area contributed by atoms with Crippen LogP contribution in [0.4, 0.5) is 13.2 Å². The quantitative estimate of drug-likeness (QED) is 0.606. The number of rotatable bonds is 9. The van der Waals surface area contributed by atoms with E-state index >= 15 is 0 Å². The molecule has 0 aliphatic heterocycles. The van der Waals surface area contributed by atoms with Crippen LogP contribution in [0.25, 0.3) is 0 Å². The maximum absolute atomic E-state index is 11.8. The van der Waals surface area contributed by atoms with Crippen LogP contribution in [0, 0.1) is 0 Å². The Balaban J connectivity index is 3.28. The lowest BCUT2D eigenvalue weighted by molar-refractivity contribution is -0.135. The van der Waals surface area contributed by atoms with Crippen LogP contribution in [-0.2, 0) is 4.74 Å². The number of aliphatic hydroxyl groups excluding tert-OH is 1. The number of aliphatic hydroxyl groups is 1. The van der Waals surface area contributed by atoms with E-state index in [9.17, 15) is 13.2 Å². The second kappa shape index (κ2) is 8.78. The van der Waals surface area contributed by atoms with Gasteiger partial charge in [-0.3, -0.25) is 0 Å². The molecule has 0 amide bonds. The Morgan fingerprint density at radius 3 is 2.56 bits per heavy atom. The van der Waals surface area contributed by atoms with Crippen molar-refractivity contribution in [2.24, 2.45) is 0 Å². The number of hydrogen-bond acceptors (Lipinski definition) is 3. The Labute approximate surface area is 94.0 Å². The van der Waals surface area contributed by atoms with Gasteiger partial charge in [0.1, 0.15) is 0 Å². The van der Waals surface area contributed by atoms with Crippen molar-refractivity contribution < 1.29 is 23.0 Å². The minimum atomic E-state index is -4.05. The third-order valence-electron chi connectivity index (χ3n) is 2.07. The fourth-order valence-corrected chi connectivity index (χ4v) is 1.25. The highest BCUT2D eigenvalue weighted by Crippen LogP contribution is 2.22. The Morgan fingerprint density at radius 1 is 1.31 bits per heavy atom. The zero-order chi connectivity index (χ0) is 12.4. The summed E-state index contributed by atoms with van der Waals surface area (Å²) in [6.07, 6.45) is -4.13. The number of halogens is 3. The molecule has 0 aliphatic carbocycles. The molecule has 98 valence electrons. The third kappa shape index (κ3) is 11.7. The van der Waals surface area contributed by atoms with Gasteiger partial charge in [-0.05, 0) is 19.8 Å². The summed E-state index contributed by atoms with van der Waals surface area (Å²) in [6.45, 7) is 3.19. The van der Waals surface area contributed by atoms with Gasteiger partial charge in [-0.15, -0.1) is 0 Å². The third-order valence-corrected chi connectivity index (χ3v) is 2.07. The van der Waals surface area contributed by atoms with Gasteiger partial charge in [0.2, 0.25) is 0 Å². The number of ether oxygens (including phenoxy) is 1. The SMILES string of the molecule is CC(CCCC(F)(F)F)NCCOCCO. The Morgan fingerprint density at radius 2 is 2.00 bits per heavy atom. The monoisotopic (exact) mass is 243 g/mol. The Kier molecular flexibility index (Phi) is 8.60. The first-order valence-electron chi connectivity index (χ1n) is 5.44. The first-order valence-corrected chi connectivity index (χ1v) is 5.44. The first-order chi connectivity index (χ1) is 7.45. The minimum Gasteiger partial charge on any atom is -0.394 e. The minimum absolute atomic E-state index is 0.0128. The normalized spacial score (nSPS) is 14.1. The van der Waals surface area contributed by atoms with Crippen LogP contribution in [0.2, 0.25) is 0 Å². The predicted octanol–water partition coefficient (Wildman–Crippen LogP) is 1.71. The molecular weight excluding hydrogens is 223 g/mol. The zero-order valence-corrected chi connectivity index (χ0v) is 9.52. The molecule has 0 fully saturated rings. The van der Waals surface area contributed by atoms with Crippen molar-refractivity contribution in [1.29, 1.82) is 0 Å². The van der Waals surface area contributed by atoms with E-state index in [0.717, 1.165) is 0 Å². The average molecular weight is 243 g/mol. The number of hydrogen-bond donors (Lipinski definition) is 2. The van der Waals surface area contributed by atoms with Gasteiger partial charge in [-0.25, -0.2) is 0 Å². The van der Waals surface area contributed by atoms with Gasteiger partial charge in [0.15, 0.2) is 0 Å².